The maximum atomic E-state index is 12.4. The van der Waals surface area contributed by atoms with Gasteiger partial charge in [0.2, 0.25) is 0 Å². The van der Waals surface area contributed by atoms with Gasteiger partial charge in [-0.05, 0) is 62.5 Å². The fourth-order valence-corrected chi connectivity index (χ4v) is 5.14. The Kier molecular flexibility index (Phi) is 10.1. The summed E-state index contributed by atoms with van der Waals surface area (Å²) in [6, 6.07) is 18.9. The minimum absolute atomic E-state index is 0.0471. The van der Waals surface area contributed by atoms with Gasteiger partial charge in [0.1, 0.15) is 5.75 Å². The largest absolute Gasteiger partial charge is 0.494 e. The average Bonchev–Trinajstić information content (AvgIpc) is 2.84. The van der Waals surface area contributed by atoms with Crippen LogP contribution in [0.15, 0.2) is 54.6 Å². The Balaban J connectivity index is 1.91. The van der Waals surface area contributed by atoms with Crippen molar-refractivity contribution in [1.82, 2.24) is 4.90 Å². The van der Waals surface area contributed by atoms with Gasteiger partial charge in [0, 0.05) is 12.5 Å². The van der Waals surface area contributed by atoms with Gasteiger partial charge in [-0.3, -0.25) is 0 Å². The minimum Gasteiger partial charge on any atom is -0.494 e. The van der Waals surface area contributed by atoms with E-state index in [2.05, 4.69) is 54.3 Å². The summed E-state index contributed by atoms with van der Waals surface area (Å²) < 4.78 is 5.68. The van der Waals surface area contributed by atoms with Crippen molar-refractivity contribution in [3.05, 3.63) is 65.7 Å². The summed E-state index contributed by atoms with van der Waals surface area (Å²) in [5.74, 6) is 0.916. The first-order valence-corrected chi connectivity index (χ1v) is 12.9. The van der Waals surface area contributed by atoms with E-state index in [0.717, 1.165) is 43.8 Å². The Morgan fingerprint density at radius 1 is 0.875 bits per heavy atom. The van der Waals surface area contributed by atoms with Crippen molar-refractivity contribution in [3.8, 4) is 5.75 Å². The molecule has 2 atom stereocenters. The summed E-state index contributed by atoms with van der Waals surface area (Å²) in [5, 5.41) is 12.4. The molecule has 0 spiro atoms. The smallest absolute Gasteiger partial charge is 0.119 e. The predicted molar refractivity (Wildman–Crippen MR) is 134 cm³/mol. The first kappa shape index (κ1) is 24.8. The van der Waals surface area contributed by atoms with Crippen LogP contribution in [0.1, 0.15) is 88.7 Å². The number of benzene rings is 2. The molecule has 0 aromatic heterocycles. The van der Waals surface area contributed by atoms with Gasteiger partial charge < -0.3 is 14.7 Å². The fourth-order valence-electron chi connectivity index (χ4n) is 5.14. The molecule has 1 aliphatic heterocycles. The molecular weight excluding hydrogens is 394 g/mol. The third kappa shape index (κ3) is 6.83. The minimum atomic E-state index is -0.893. The van der Waals surface area contributed by atoms with Crippen molar-refractivity contribution in [2.24, 2.45) is 0 Å². The molecule has 0 saturated carbocycles. The molecule has 2 aromatic rings. The number of likely N-dealkylation sites (tertiary alicyclic amines) is 1. The topological polar surface area (TPSA) is 32.7 Å². The normalized spacial score (nSPS) is 17.6. The van der Waals surface area contributed by atoms with Crippen LogP contribution in [-0.2, 0) is 5.60 Å². The third-order valence-electron chi connectivity index (χ3n) is 6.99. The molecule has 3 heteroatoms. The molecule has 1 aliphatic rings. The van der Waals surface area contributed by atoms with Gasteiger partial charge in [-0.1, -0.05) is 87.9 Å². The van der Waals surface area contributed by atoms with Gasteiger partial charge in [0.25, 0.3) is 0 Å². The SMILES string of the molecule is CCCCCCC[C@@](O)(c1ccc(OCC)cc1)[C@@H](CN1CCCCC1)c1ccccc1. The fraction of sp³-hybridized carbons (Fsp3) is 0.586. The number of hydrogen-bond donors (Lipinski definition) is 1. The van der Waals surface area contributed by atoms with Crippen molar-refractivity contribution >= 4 is 0 Å². The molecule has 3 rings (SSSR count). The Labute approximate surface area is 195 Å². The zero-order chi connectivity index (χ0) is 22.7. The van der Waals surface area contributed by atoms with E-state index in [1.54, 1.807) is 0 Å². The van der Waals surface area contributed by atoms with E-state index in [1.807, 2.05) is 19.1 Å². The van der Waals surface area contributed by atoms with Crippen molar-refractivity contribution in [2.45, 2.75) is 83.2 Å². The van der Waals surface area contributed by atoms with E-state index in [1.165, 1.54) is 50.5 Å². The zero-order valence-electron chi connectivity index (χ0n) is 20.3. The molecule has 176 valence electrons. The number of nitrogens with zero attached hydrogens (tertiary/aromatic N) is 1. The molecule has 0 radical (unpaired) electrons. The molecule has 3 nitrogen and oxygen atoms in total. The van der Waals surface area contributed by atoms with Crippen molar-refractivity contribution in [1.29, 1.82) is 0 Å². The monoisotopic (exact) mass is 437 g/mol. The first-order chi connectivity index (χ1) is 15.7. The number of aliphatic hydroxyl groups is 1. The second-order valence-electron chi connectivity index (χ2n) is 9.37. The van der Waals surface area contributed by atoms with E-state index < -0.39 is 5.60 Å². The molecule has 32 heavy (non-hydrogen) atoms. The van der Waals surface area contributed by atoms with E-state index in [-0.39, 0.29) is 5.92 Å². The second-order valence-corrected chi connectivity index (χ2v) is 9.37. The molecule has 1 N–H and O–H groups in total. The number of ether oxygens (including phenoxy) is 1. The van der Waals surface area contributed by atoms with Crippen LogP contribution in [0.4, 0.5) is 0 Å². The van der Waals surface area contributed by atoms with E-state index in [4.69, 9.17) is 4.74 Å². The highest BCUT2D eigenvalue weighted by atomic mass is 16.5. The van der Waals surface area contributed by atoms with Crippen LogP contribution in [0.25, 0.3) is 0 Å². The molecule has 2 aromatic carbocycles. The van der Waals surface area contributed by atoms with Gasteiger partial charge in [-0.25, -0.2) is 0 Å². The summed E-state index contributed by atoms with van der Waals surface area (Å²) in [6.45, 7) is 8.09. The lowest BCUT2D eigenvalue weighted by Gasteiger charge is -2.41. The summed E-state index contributed by atoms with van der Waals surface area (Å²) in [5.41, 5.74) is 1.36. The van der Waals surface area contributed by atoms with Gasteiger partial charge in [0.15, 0.2) is 0 Å². The van der Waals surface area contributed by atoms with Crippen LogP contribution in [0.3, 0.4) is 0 Å². The standard InChI is InChI=1S/C29H43NO2/c1-3-5-6-7-12-21-29(31,26-17-19-27(20-18-26)32-4-2)28(25-15-10-8-11-16-25)24-30-22-13-9-14-23-30/h8,10-11,15-20,28,31H,3-7,9,12-14,21-24H2,1-2H3/t28-,29+/m0/s1. The summed E-state index contributed by atoms with van der Waals surface area (Å²) in [6.07, 6.45) is 10.6. The summed E-state index contributed by atoms with van der Waals surface area (Å²) >= 11 is 0. The quantitative estimate of drug-likeness (QED) is 0.346. The molecule has 0 amide bonds. The maximum absolute atomic E-state index is 12.4. The van der Waals surface area contributed by atoms with Crippen LogP contribution in [0.2, 0.25) is 0 Å². The second kappa shape index (κ2) is 13.0. The first-order valence-electron chi connectivity index (χ1n) is 12.9. The Morgan fingerprint density at radius 2 is 1.56 bits per heavy atom. The highest BCUT2D eigenvalue weighted by Gasteiger charge is 2.40. The van der Waals surface area contributed by atoms with Gasteiger partial charge >= 0.3 is 0 Å². The summed E-state index contributed by atoms with van der Waals surface area (Å²) in [4.78, 5) is 2.57. The Morgan fingerprint density at radius 3 is 2.22 bits per heavy atom. The van der Waals surface area contributed by atoms with E-state index >= 15 is 0 Å². The molecule has 1 fully saturated rings. The molecular formula is C29H43NO2. The van der Waals surface area contributed by atoms with Crippen LogP contribution >= 0.6 is 0 Å². The van der Waals surface area contributed by atoms with Gasteiger partial charge in [-0.2, -0.15) is 0 Å². The lowest BCUT2D eigenvalue weighted by Crippen LogP contribution is -2.42. The molecule has 1 heterocycles. The molecule has 0 bridgehead atoms. The Bertz CT molecular complexity index is 754. The molecule has 0 unspecified atom stereocenters. The van der Waals surface area contributed by atoms with Crippen LogP contribution < -0.4 is 4.74 Å². The van der Waals surface area contributed by atoms with Crippen molar-refractivity contribution in [3.63, 3.8) is 0 Å². The van der Waals surface area contributed by atoms with Crippen LogP contribution in [0.5, 0.6) is 5.75 Å². The van der Waals surface area contributed by atoms with E-state index in [9.17, 15) is 5.11 Å². The van der Waals surface area contributed by atoms with E-state index in [0.29, 0.717) is 6.61 Å². The third-order valence-corrected chi connectivity index (χ3v) is 6.99. The lowest BCUT2D eigenvalue weighted by atomic mass is 9.73. The predicted octanol–water partition coefficient (Wildman–Crippen LogP) is 6.90. The number of rotatable bonds is 13. The van der Waals surface area contributed by atoms with Crippen molar-refractivity contribution in [2.75, 3.05) is 26.2 Å². The van der Waals surface area contributed by atoms with Crippen LogP contribution in [-0.4, -0.2) is 36.2 Å². The molecule has 0 aliphatic carbocycles. The van der Waals surface area contributed by atoms with Crippen LogP contribution in [0, 0.1) is 0 Å². The highest BCUT2D eigenvalue weighted by Crippen LogP contribution is 2.42. The number of piperidine rings is 1. The van der Waals surface area contributed by atoms with Gasteiger partial charge in [0.05, 0.1) is 12.2 Å². The highest BCUT2D eigenvalue weighted by molar-refractivity contribution is 5.35. The number of unbranched alkanes of at least 4 members (excludes halogenated alkanes) is 4. The Hall–Kier alpha value is -1.84. The maximum Gasteiger partial charge on any atom is 0.119 e. The summed E-state index contributed by atoms with van der Waals surface area (Å²) in [7, 11) is 0. The van der Waals surface area contributed by atoms with Gasteiger partial charge in [-0.15, -0.1) is 0 Å². The van der Waals surface area contributed by atoms with Crippen molar-refractivity contribution < 1.29 is 9.84 Å². The number of hydrogen-bond acceptors (Lipinski definition) is 3. The molecule has 1 saturated heterocycles. The zero-order valence-corrected chi connectivity index (χ0v) is 20.3. The average molecular weight is 438 g/mol. The lowest BCUT2D eigenvalue weighted by molar-refractivity contribution is -0.0168.